The van der Waals surface area contributed by atoms with Crippen LogP contribution in [0.1, 0.15) is 27.2 Å². The topological polar surface area (TPSA) is 73.7 Å². The molecule has 1 fully saturated rings. The van der Waals surface area contributed by atoms with Gasteiger partial charge in [0.1, 0.15) is 22.3 Å². The number of carbonyl (C=O) groups is 1. The van der Waals surface area contributed by atoms with Crippen LogP contribution in [0.5, 0.6) is 0 Å². The van der Waals surface area contributed by atoms with E-state index in [0.29, 0.717) is 30.2 Å². The maximum atomic E-state index is 14.7. The van der Waals surface area contributed by atoms with Crippen LogP contribution in [0.3, 0.4) is 0 Å². The van der Waals surface area contributed by atoms with Gasteiger partial charge in [-0.05, 0) is 35.9 Å². The summed E-state index contributed by atoms with van der Waals surface area (Å²) in [7, 11) is 0. The van der Waals surface area contributed by atoms with Crippen molar-refractivity contribution in [1.82, 2.24) is 19.3 Å². The Bertz CT molecular complexity index is 1580. The van der Waals surface area contributed by atoms with Gasteiger partial charge in [-0.2, -0.15) is 13.2 Å². The van der Waals surface area contributed by atoms with E-state index in [1.807, 2.05) is 0 Å². The van der Waals surface area contributed by atoms with Crippen LogP contribution in [0.15, 0.2) is 53.6 Å². The van der Waals surface area contributed by atoms with Crippen molar-refractivity contribution in [2.75, 3.05) is 31.1 Å². The number of benzene rings is 1. The number of hydrogen-bond donors (Lipinski definition) is 1. The van der Waals surface area contributed by atoms with Gasteiger partial charge in [0.05, 0.1) is 16.1 Å². The van der Waals surface area contributed by atoms with Gasteiger partial charge >= 0.3 is 6.18 Å². The van der Waals surface area contributed by atoms with Crippen molar-refractivity contribution in [3.05, 3.63) is 97.5 Å². The Morgan fingerprint density at radius 1 is 1.05 bits per heavy atom. The number of nitrogens with one attached hydrogen (secondary N) is 1. The zero-order valence-electron chi connectivity index (χ0n) is 19.5. The van der Waals surface area contributed by atoms with Gasteiger partial charge < -0.3 is 14.8 Å². The fourth-order valence-electron chi connectivity index (χ4n) is 4.43. The van der Waals surface area contributed by atoms with Crippen molar-refractivity contribution in [3.8, 4) is 0 Å². The first-order valence-corrected chi connectivity index (χ1v) is 12.2. The lowest BCUT2D eigenvalue weighted by Crippen LogP contribution is -2.49. The Kier molecular flexibility index (Phi) is 6.83. The molecule has 0 spiro atoms. The van der Waals surface area contributed by atoms with E-state index in [1.54, 1.807) is 4.90 Å². The van der Waals surface area contributed by atoms with Crippen LogP contribution in [0, 0.1) is 5.82 Å². The van der Waals surface area contributed by atoms with Crippen molar-refractivity contribution >= 4 is 40.4 Å². The van der Waals surface area contributed by atoms with Crippen LogP contribution in [0.2, 0.25) is 10.2 Å². The fraction of sp³-hybridized carbons (Fsp3) is 0.240. The van der Waals surface area contributed by atoms with E-state index in [2.05, 4.69) is 9.97 Å². The Labute approximate surface area is 223 Å². The average molecular weight is 568 g/mol. The second-order valence-corrected chi connectivity index (χ2v) is 9.55. The monoisotopic (exact) mass is 567 g/mol. The average Bonchev–Trinajstić information content (AvgIpc) is 3.21. The molecule has 0 radical (unpaired) electrons. The molecule has 1 N–H and O–H groups in total. The summed E-state index contributed by atoms with van der Waals surface area (Å²) in [4.78, 5) is 35.1. The highest BCUT2D eigenvalue weighted by Gasteiger charge is 2.31. The third kappa shape index (κ3) is 4.95. The van der Waals surface area contributed by atoms with Crippen LogP contribution >= 0.6 is 23.2 Å². The highest BCUT2D eigenvalue weighted by Crippen LogP contribution is 2.30. The van der Waals surface area contributed by atoms with E-state index in [1.165, 1.54) is 45.8 Å². The molecule has 1 aromatic carbocycles. The lowest BCUT2D eigenvalue weighted by Gasteiger charge is -2.35. The normalized spacial score (nSPS) is 14.4. The Hall–Kier alpha value is -3.57. The molecule has 1 aliphatic heterocycles. The molecule has 38 heavy (non-hydrogen) atoms. The smallest absolute Gasteiger partial charge is 0.353 e. The minimum atomic E-state index is -4.47. The van der Waals surface area contributed by atoms with Crippen molar-refractivity contribution in [3.63, 3.8) is 0 Å². The number of amides is 1. The molecular formula is C25H19Cl2F4N5O2. The molecule has 1 amide bonds. The molecule has 4 heterocycles. The summed E-state index contributed by atoms with van der Waals surface area (Å²) in [6, 6.07) is 7.91. The van der Waals surface area contributed by atoms with Gasteiger partial charge in [-0.15, -0.1) is 0 Å². The summed E-state index contributed by atoms with van der Waals surface area (Å²) >= 11 is 12.4. The summed E-state index contributed by atoms with van der Waals surface area (Å²) in [5, 5.41) is 0.381. The second kappa shape index (κ2) is 9.95. The maximum absolute atomic E-state index is 14.7. The molecule has 0 aliphatic carbocycles. The number of nitrogens with zero attached hydrogens (tertiary/aromatic N) is 4. The summed E-state index contributed by atoms with van der Waals surface area (Å²) < 4.78 is 54.6. The number of halogens is 6. The van der Waals surface area contributed by atoms with Gasteiger partial charge in [-0.1, -0.05) is 29.3 Å². The first kappa shape index (κ1) is 26.1. The van der Waals surface area contributed by atoms with Gasteiger partial charge in [0, 0.05) is 50.7 Å². The largest absolute Gasteiger partial charge is 0.417 e. The molecule has 13 heteroatoms. The molecule has 4 aromatic rings. The number of piperazine rings is 1. The number of anilines is 1. The van der Waals surface area contributed by atoms with Crippen LogP contribution in [-0.2, 0) is 12.6 Å². The Balaban J connectivity index is 1.31. The lowest BCUT2D eigenvalue weighted by atomic mass is 10.0. The number of carbonyl (C=O) groups excluding carboxylic acids is 1. The SMILES string of the molecule is O=C(c1cc(Cc2c[nH]c(=O)c3cc(Cl)c(Cl)n23)ccc1F)N1CCN(c2ccc(C(F)(F)F)cn2)CC1. The number of aromatic nitrogens is 3. The molecular weight excluding hydrogens is 549 g/mol. The summed E-state index contributed by atoms with van der Waals surface area (Å²) in [5.41, 5.74) is 0.131. The van der Waals surface area contributed by atoms with E-state index in [0.717, 1.165) is 12.3 Å². The minimum Gasteiger partial charge on any atom is -0.353 e. The number of aromatic amines is 1. The summed E-state index contributed by atoms with van der Waals surface area (Å²) in [5.74, 6) is -0.813. The number of fused-ring (bicyclic) bond motifs is 1. The molecule has 3 aromatic heterocycles. The van der Waals surface area contributed by atoms with E-state index >= 15 is 0 Å². The van der Waals surface area contributed by atoms with Crippen LogP contribution < -0.4 is 10.5 Å². The Morgan fingerprint density at radius 3 is 2.45 bits per heavy atom. The van der Waals surface area contributed by atoms with Crippen LogP contribution in [-0.4, -0.2) is 51.4 Å². The number of H-pyrrole nitrogens is 1. The predicted molar refractivity (Wildman–Crippen MR) is 135 cm³/mol. The van der Waals surface area contributed by atoms with Crippen molar-refractivity contribution in [1.29, 1.82) is 0 Å². The predicted octanol–water partition coefficient (Wildman–Crippen LogP) is 5.04. The number of hydrogen-bond acceptors (Lipinski definition) is 4. The maximum Gasteiger partial charge on any atom is 0.417 e. The number of alkyl halides is 3. The second-order valence-electron chi connectivity index (χ2n) is 8.79. The number of pyridine rings is 1. The third-order valence-corrected chi connectivity index (χ3v) is 7.16. The molecule has 0 atom stereocenters. The summed E-state index contributed by atoms with van der Waals surface area (Å²) in [6.45, 7) is 1.13. The summed E-state index contributed by atoms with van der Waals surface area (Å²) in [6.07, 6.45) is -1.98. The van der Waals surface area contributed by atoms with E-state index in [-0.39, 0.29) is 46.3 Å². The van der Waals surface area contributed by atoms with Gasteiger partial charge in [0.25, 0.3) is 11.5 Å². The molecule has 5 rings (SSSR count). The van der Waals surface area contributed by atoms with Gasteiger partial charge in [0.2, 0.25) is 0 Å². The van der Waals surface area contributed by atoms with Gasteiger partial charge in [-0.3, -0.25) is 14.0 Å². The molecule has 198 valence electrons. The van der Waals surface area contributed by atoms with E-state index in [9.17, 15) is 27.2 Å². The molecule has 7 nitrogen and oxygen atoms in total. The van der Waals surface area contributed by atoms with Gasteiger partial charge in [-0.25, -0.2) is 9.37 Å². The quantitative estimate of drug-likeness (QED) is 0.351. The van der Waals surface area contributed by atoms with Crippen molar-refractivity contribution in [2.24, 2.45) is 0 Å². The van der Waals surface area contributed by atoms with E-state index < -0.39 is 23.5 Å². The van der Waals surface area contributed by atoms with E-state index in [4.69, 9.17) is 23.2 Å². The molecule has 1 aliphatic rings. The first-order valence-electron chi connectivity index (χ1n) is 11.5. The van der Waals surface area contributed by atoms with Crippen molar-refractivity contribution in [2.45, 2.75) is 12.6 Å². The highest BCUT2D eigenvalue weighted by molar-refractivity contribution is 6.42. The van der Waals surface area contributed by atoms with Crippen LogP contribution in [0.25, 0.3) is 5.52 Å². The molecule has 0 bridgehead atoms. The fourth-order valence-corrected chi connectivity index (χ4v) is 4.87. The van der Waals surface area contributed by atoms with Crippen LogP contribution in [0.4, 0.5) is 23.4 Å². The zero-order valence-corrected chi connectivity index (χ0v) is 21.0. The molecule has 0 saturated carbocycles. The Morgan fingerprint density at radius 2 is 1.79 bits per heavy atom. The van der Waals surface area contributed by atoms with Crippen molar-refractivity contribution < 1.29 is 22.4 Å². The standard InChI is InChI=1S/C25H19Cl2F4N5O2/c26-18-11-20-23(37)33-13-16(36(20)22(18)27)9-14-1-3-19(28)17(10-14)24(38)35-7-5-34(6-8-35)21-4-2-15(12-32-21)25(29,30)31/h1-4,10-13H,5-9H2,(H,33,37). The van der Waals surface area contributed by atoms with Gasteiger partial charge in [0.15, 0.2) is 0 Å². The molecule has 1 saturated heterocycles. The first-order chi connectivity index (χ1) is 18.0. The minimum absolute atomic E-state index is 0.110. The number of rotatable bonds is 4. The zero-order chi connectivity index (χ0) is 27.2. The highest BCUT2D eigenvalue weighted by atomic mass is 35.5. The third-order valence-electron chi connectivity index (χ3n) is 6.40. The lowest BCUT2D eigenvalue weighted by molar-refractivity contribution is -0.137. The molecule has 0 unspecified atom stereocenters.